The number of rotatable bonds is 11. The lowest BCUT2D eigenvalue weighted by atomic mass is 9.84. The molecule has 2 aliphatic rings. The minimum absolute atomic E-state index is 0.161. The van der Waals surface area contributed by atoms with Crippen molar-refractivity contribution in [1.29, 1.82) is 0 Å². The molecule has 2 N–H and O–H groups in total. The van der Waals surface area contributed by atoms with E-state index in [1.807, 2.05) is 6.92 Å². The number of fused-ring (bicyclic) bond motifs is 1. The molecule has 0 radical (unpaired) electrons. The predicted molar refractivity (Wildman–Crippen MR) is 158 cm³/mol. The lowest BCUT2D eigenvalue weighted by Gasteiger charge is -2.39. The van der Waals surface area contributed by atoms with Gasteiger partial charge in [-0.2, -0.15) is 0 Å². The second-order valence-electron chi connectivity index (χ2n) is 12.0. The Morgan fingerprint density at radius 3 is 2.22 bits per heavy atom. The van der Waals surface area contributed by atoms with Crippen molar-refractivity contribution in [1.82, 2.24) is 10.2 Å². The maximum Gasteiger partial charge on any atom is 0.127 e. The van der Waals surface area contributed by atoms with Crippen molar-refractivity contribution in [3.05, 3.63) is 57.2 Å². The van der Waals surface area contributed by atoms with Crippen molar-refractivity contribution in [3.63, 3.8) is 0 Å². The SMILES string of the molecule is CC(C)=CCC/C(C)=C/CC/C(C)=C/CC[C@]1(C)CCc2c(CN3CCNCC3)c(O)c(C)c(C)c2O1. The molecule has 0 amide bonds. The largest absolute Gasteiger partial charge is 0.507 e. The van der Waals surface area contributed by atoms with Gasteiger partial charge in [0.25, 0.3) is 0 Å². The molecule has 37 heavy (non-hydrogen) atoms. The standard InChI is InChI=1S/C33H52N2O2/c1-24(2)11-8-12-25(3)13-9-14-26(4)15-10-17-33(7)18-16-29-30(23-35-21-19-34-20-22-35)31(36)27(5)28(6)32(29)37-33/h11,13,15,34,36H,8-10,12,14,16-23H2,1-7H3/b25-13+,26-15+/t33-/m1/s1. The first-order valence-corrected chi connectivity index (χ1v) is 14.5. The van der Waals surface area contributed by atoms with Crippen molar-refractivity contribution < 1.29 is 9.84 Å². The van der Waals surface area contributed by atoms with Gasteiger partial charge < -0.3 is 15.2 Å². The Morgan fingerprint density at radius 2 is 1.57 bits per heavy atom. The topological polar surface area (TPSA) is 44.7 Å². The maximum atomic E-state index is 11.1. The summed E-state index contributed by atoms with van der Waals surface area (Å²) in [7, 11) is 0. The molecule has 0 bridgehead atoms. The van der Waals surface area contributed by atoms with Crippen molar-refractivity contribution in [3.8, 4) is 11.5 Å². The van der Waals surface area contributed by atoms with Gasteiger partial charge in [-0.05, 0) is 111 Å². The van der Waals surface area contributed by atoms with Crippen molar-refractivity contribution >= 4 is 0 Å². The average Bonchev–Trinajstić information content (AvgIpc) is 2.86. The summed E-state index contributed by atoms with van der Waals surface area (Å²) in [5.74, 6) is 1.50. The molecule has 1 fully saturated rings. The summed E-state index contributed by atoms with van der Waals surface area (Å²) in [6.45, 7) is 20.2. The van der Waals surface area contributed by atoms with Crippen LogP contribution in [0.25, 0.3) is 0 Å². The Balaban J connectivity index is 1.58. The van der Waals surface area contributed by atoms with E-state index in [-0.39, 0.29) is 5.60 Å². The normalized spacial score (nSPS) is 20.9. The number of phenolic OH excluding ortho intramolecular Hbond substituents is 1. The molecule has 0 saturated carbocycles. The third-order valence-electron chi connectivity index (χ3n) is 8.31. The van der Waals surface area contributed by atoms with Crippen LogP contribution in [0.1, 0.15) is 102 Å². The van der Waals surface area contributed by atoms with E-state index in [2.05, 4.69) is 70.0 Å². The Labute approximate surface area is 226 Å². The van der Waals surface area contributed by atoms with E-state index in [4.69, 9.17) is 4.74 Å². The molecule has 206 valence electrons. The number of phenols is 1. The molecule has 1 atom stereocenters. The fourth-order valence-electron chi connectivity index (χ4n) is 5.57. The van der Waals surface area contributed by atoms with E-state index in [9.17, 15) is 5.11 Å². The molecule has 1 aromatic rings. The number of piperazine rings is 1. The van der Waals surface area contributed by atoms with Crippen LogP contribution in [0, 0.1) is 13.8 Å². The third-order valence-corrected chi connectivity index (χ3v) is 8.31. The monoisotopic (exact) mass is 508 g/mol. The van der Waals surface area contributed by atoms with E-state index < -0.39 is 0 Å². The summed E-state index contributed by atoms with van der Waals surface area (Å²) in [6, 6.07) is 0. The van der Waals surface area contributed by atoms with Crippen molar-refractivity contribution in [2.24, 2.45) is 0 Å². The summed E-state index contributed by atoms with van der Waals surface area (Å²) in [5, 5.41) is 14.5. The quantitative estimate of drug-likeness (QED) is 0.301. The average molecular weight is 509 g/mol. The Kier molecular flexibility index (Phi) is 10.9. The first-order chi connectivity index (χ1) is 17.6. The molecule has 1 saturated heterocycles. The molecule has 0 aromatic heterocycles. The first-order valence-electron chi connectivity index (χ1n) is 14.5. The van der Waals surface area contributed by atoms with Crippen molar-refractivity contribution in [2.45, 2.75) is 112 Å². The highest BCUT2D eigenvalue weighted by Crippen LogP contribution is 2.45. The summed E-state index contributed by atoms with van der Waals surface area (Å²) in [6.07, 6.45) is 15.8. The van der Waals surface area contributed by atoms with Crippen LogP contribution in [0.3, 0.4) is 0 Å². The van der Waals surface area contributed by atoms with Crippen LogP contribution < -0.4 is 10.1 Å². The first kappa shape index (κ1) is 29.5. The highest BCUT2D eigenvalue weighted by molar-refractivity contribution is 5.59. The molecular formula is C33H52N2O2. The molecule has 3 rings (SSSR count). The van der Waals surface area contributed by atoms with Crippen LogP contribution in [0.15, 0.2) is 34.9 Å². The third kappa shape index (κ3) is 8.48. The highest BCUT2D eigenvalue weighted by Gasteiger charge is 2.35. The van der Waals surface area contributed by atoms with Gasteiger partial charge in [-0.1, -0.05) is 34.9 Å². The van der Waals surface area contributed by atoms with Gasteiger partial charge in [0, 0.05) is 43.9 Å². The van der Waals surface area contributed by atoms with E-state index in [0.29, 0.717) is 5.75 Å². The Bertz CT molecular complexity index is 1010. The minimum atomic E-state index is -0.161. The molecule has 2 aliphatic heterocycles. The number of nitrogens with zero attached hydrogens (tertiary/aromatic N) is 1. The number of ether oxygens (including phenoxy) is 1. The zero-order valence-electron chi connectivity index (χ0n) is 24.7. The van der Waals surface area contributed by atoms with Crippen LogP contribution in [0.2, 0.25) is 0 Å². The highest BCUT2D eigenvalue weighted by atomic mass is 16.5. The summed E-state index contributed by atoms with van der Waals surface area (Å²) in [5.41, 5.74) is 8.60. The zero-order valence-corrected chi connectivity index (χ0v) is 24.7. The molecule has 2 heterocycles. The molecule has 0 spiro atoms. The summed E-state index contributed by atoms with van der Waals surface area (Å²) >= 11 is 0. The molecule has 4 heteroatoms. The van der Waals surface area contributed by atoms with Gasteiger partial charge in [0.2, 0.25) is 0 Å². The Morgan fingerprint density at radius 1 is 0.946 bits per heavy atom. The van der Waals surface area contributed by atoms with Gasteiger partial charge in [0.05, 0.1) is 0 Å². The van der Waals surface area contributed by atoms with Gasteiger partial charge >= 0.3 is 0 Å². The molecule has 0 unspecified atom stereocenters. The second kappa shape index (κ2) is 13.7. The van der Waals surface area contributed by atoms with Gasteiger partial charge in [-0.3, -0.25) is 4.90 Å². The predicted octanol–water partition coefficient (Wildman–Crippen LogP) is 7.70. The van der Waals surface area contributed by atoms with Gasteiger partial charge in [0.15, 0.2) is 0 Å². The van der Waals surface area contributed by atoms with Crippen LogP contribution in [-0.2, 0) is 13.0 Å². The molecule has 0 aliphatic carbocycles. The minimum Gasteiger partial charge on any atom is -0.507 e. The molecule has 4 nitrogen and oxygen atoms in total. The number of hydrogen-bond acceptors (Lipinski definition) is 4. The van der Waals surface area contributed by atoms with E-state index in [1.54, 1.807) is 0 Å². The summed E-state index contributed by atoms with van der Waals surface area (Å²) < 4.78 is 6.78. The van der Waals surface area contributed by atoms with Gasteiger partial charge in [-0.25, -0.2) is 0 Å². The van der Waals surface area contributed by atoms with E-state index >= 15 is 0 Å². The molecule has 1 aromatic carbocycles. The number of nitrogens with one attached hydrogen (secondary N) is 1. The smallest absolute Gasteiger partial charge is 0.127 e. The fourth-order valence-corrected chi connectivity index (χ4v) is 5.57. The van der Waals surface area contributed by atoms with Gasteiger partial charge in [0.1, 0.15) is 17.1 Å². The maximum absolute atomic E-state index is 11.1. The van der Waals surface area contributed by atoms with Crippen molar-refractivity contribution in [2.75, 3.05) is 26.2 Å². The van der Waals surface area contributed by atoms with E-state index in [1.165, 1.54) is 28.7 Å². The van der Waals surface area contributed by atoms with Crippen LogP contribution in [0.5, 0.6) is 11.5 Å². The number of allylic oxidation sites excluding steroid dienone is 6. The fraction of sp³-hybridized carbons (Fsp3) is 0.636. The van der Waals surface area contributed by atoms with Crippen LogP contribution in [0.4, 0.5) is 0 Å². The summed E-state index contributed by atoms with van der Waals surface area (Å²) in [4.78, 5) is 2.45. The van der Waals surface area contributed by atoms with Crippen LogP contribution >= 0.6 is 0 Å². The zero-order chi connectivity index (χ0) is 27.0. The second-order valence-corrected chi connectivity index (χ2v) is 12.0. The number of hydrogen-bond donors (Lipinski definition) is 2. The van der Waals surface area contributed by atoms with Crippen LogP contribution in [-0.4, -0.2) is 41.8 Å². The van der Waals surface area contributed by atoms with E-state index in [0.717, 1.165) is 100 Å². The lowest BCUT2D eigenvalue weighted by molar-refractivity contribution is 0.0554. The Hall–Kier alpha value is -2.04. The number of benzene rings is 1. The van der Waals surface area contributed by atoms with Gasteiger partial charge in [-0.15, -0.1) is 0 Å². The molecular weight excluding hydrogens is 456 g/mol. The number of aromatic hydroxyl groups is 1. The lowest BCUT2D eigenvalue weighted by Crippen LogP contribution is -2.43.